The molecule has 1 aromatic heterocycles. The van der Waals surface area contributed by atoms with Crippen molar-refractivity contribution in [1.82, 2.24) is 5.09 Å². The number of rotatable bonds is 2. The Morgan fingerprint density at radius 3 is 2.62 bits per heavy atom. The average molecular weight is 284 g/mol. The lowest BCUT2D eigenvalue weighted by molar-refractivity contribution is 0.0984. The standard InChI is InChI=1S/C5H7BrN3O2PS/c6-3-1-2-13-4(3)5(10)9-12(7,8)11/h1-2H,(H5,7,8,9,10,11). The van der Waals surface area contributed by atoms with Crippen molar-refractivity contribution in [3.63, 3.8) is 0 Å². The van der Waals surface area contributed by atoms with Gasteiger partial charge in [-0.2, -0.15) is 0 Å². The molecule has 0 aliphatic rings. The van der Waals surface area contributed by atoms with Gasteiger partial charge in [-0.15, -0.1) is 11.3 Å². The Bertz CT molecular complexity index is 374. The minimum atomic E-state index is -3.50. The van der Waals surface area contributed by atoms with E-state index in [0.29, 0.717) is 9.35 Å². The molecule has 0 saturated heterocycles. The van der Waals surface area contributed by atoms with Crippen LogP contribution in [0.4, 0.5) is 0 Å². The normalized spacial score (nSPS) is 11.3. The molecule has 0 radical (unpaired) electrons. The lowest BCUT2D eigenvalue weighted by Crippen LogP contribution is -2.27. The molecule has 5 nitrogen and oxygen atoms in total. The van der Waals surface area contributed by atoms with Gasteiger partial charge in [0.15, 0.2) is 0 Å². The van der Waals surface area contributed by atoms with E-state index in [9.17, 15) is 9.36 Å². The van der Waals surface area contributed by atoms with Gasteiger partial charge in [-0.25, -0.2) is 0 Å². The van der Waals surface area contributed by atoms with E-state index in [4.69, 9.17) is 11.0 Å². The van der Waals surface area contributed by atoms with E-state index in [1.54, 1.807) is 11.4 Å². The highest BCUT2D eigenvalue weighted by Crippen LogP contribution is 2.26. The van der Waals surface area contributed by atoms with Gasteiger partial charge in [-0.05, 0) is 27.4 Å². The molecule has 13 heavy (non-hydrogen) atoms. The van der Waals surface area contributed by atoms with Crippen molar-refractivity contribution in [2.45, 2.75) is 0 Å². The first kappa shape index (κ1) is 10.9. The fraction of sp³-hybridized carbons (Fsp3) is 0. The van der Waals surface area contributed by atoms with Crippen LogP contribution in [0, 0.1) is 0 Å². The van der Waals surface area contributed by atoms with Gasteiger partial charge in [-0.1, -0.05) is 0 Å². The smallest absolute Gasteiger partial charge is 0.278 e. The maximum absolute atomic E-state index is 11.3. The molecule has 0 atom stereocenters. The number of carbonyl (C=O) groups excluding carboxylic acids is 1. The maximum atomic E-state index is 11.3. The van der Waals surface area contributed by atoms with Crippen LogP contribution in [-0.4, -0.2) is 5.91 Å². The Morgan fingerprint density at radius 2 is 2.23 bits per heavy atom. The monoisotopic (exact) mass is 283 g/mol. The van der Waals surface area contributed by atoms with Crippen molar-refractivity contribution < 1.29 is 9.36 Å². The first-order valence-corrected chi connectivity index (χ1v) is 6.65. The number of nitrogens with two attached hydrogens (primary N) is 2. The molecular formula is C5H7BrN3O2PS. The number of halogens is 1. The summed E-state index contributed by atoms with van der Waals surface area (Å²) in [5.74, 6) is -0.532. The molecule has 0 bridgehead atoms. The summed E-state index contributed by atoms with van der Waals surface area (Å²) >= 11 is 4.36. The Morgan fingerprint density at radius 1 is 1.62 bits per heavy atom. The zero-order chi connectivity index (χ0) is 10.1. The molecule has 0 unspecified atom stereocenters. The molecule has 1 rings (SSSR count). The molecule has 0 spiro atoms. The minimum Gasteiger partial charge on any atom is -0.278 e. The molecule has 8 heteroatoms. The quantitative estimate of drug-likeness (QED) is 0.712. The van der Waals surface area contributed by atoms with E-state index in [1.165, 1.54) is 11.3 Å². The molecule has 0 saturated carbocycles. The fourth-order valence-electron chi connectivity index (χ4n) is 0.665. The highest BCUT2D eigenvalue weighted by Gasteiger charge is 2.17. The van der Waals surface area contributed by atoms with Crippen molar-refractivity contribution in [2.24, 2.45) is 11.0 Å². The summed E-state index contributed by atoms with van der Waals surface area (Å²) in [5.41, 5.74) is 9.97. The van der Waals surface area contributed by atoms with Crippen molar-refractivity contribution in [1.29, 1.82) is 0 Å². The fourth-order valence-corrected chi connectivity index (χ4v) is 2.62. The van der Waals surface area contributed by atoms with Crippen LogP contribution in [0.25, 0.3) is 0 Å². The number of carbonyl (C=O) groups is 1. The van der Waals surface area contributed by atoms with E-state index in [1.807, 2.05) is 5.09 Å². The van der Waals surface area contributed by atoms with E-state index in [2.05, 4.69) is 15.9 Å². The number of amides is 1. The summed E-state index contributed by atoms with van der Waals surface area (Å²) in [6, 6.07) is 1.71. The maximum Gasteiger partial charge on any atom is 0.300 e. The third kappa shape index (κ3) is 3.21. The molecule has 0 aromatic carbocycles. The Kier molecular flexibility index (Phi) is 3.26. The summed E-state index contributed by atoms with van der Waals surface area (Å²) < 4.78 is 11.5. The van der Waals surface area contributed by atoms with E-state index in [0.717, 1.165) is 0 Å². The molecule has 0 aliphatic heterocycles. The van der Waals surface area contributed by atoms with Gasteiger partial charge in [0.1, 0.15) is 4.88 Å². The molecule has 1 amide bonds. The van der Waals surface area contributed by atoms with Gasteiger partial charge >= 0.3 is 7.59 Å². The molecule has 0 aliphatic carbocycles. The van der Waals surface area contributed by atoms with Crippen molar-refractivity contribution >= 4 is 40.8 Å². The first-order chi connectivity index (χ1) is 5.90. The molecule has 1 aromatic rings. The Labute approximate surface area is 87.2 Å². The third-order valence-electron chi connectivity index (χ3n) is 1.10. The van der Waals surface area contributed by atoms with Gasteiger partial charge in [0.05, 0.1) is 0 Å². The van der Waals surface area contributed by atoms with Crippen LogP contribution in [0.1, 0.15) is 9.67 Å². The zero-order valence-electron chi connectivity index (χ0n) is 6.36. The lowest BCUT2D eigenvalue weighted by Gasteiger charge is -2.07. The number of hydrogen-bond acceptors (Lipinski definition) is 3. The van der Waals surface area contributed by atoms with Crippen LogP contribution in [0.5, 0.6) is 0 Å². The van der Waals surface area contributed by atoms with Gasteiger partial charge in [0.2, 0.25) is 0 Å². The largest absolute Gasteiger partial charge is 0.300 e. The molecule has 0 fully saturated rings. The van der Waals surface area contributed by atoms with Gasteiger partial charge in [0.25, 0.3) is 5.91 Å². The van der Waals surface area contributed by atoms with E-state index >= 15 is 0 Å². The van der Waals surface area contributed by atoms with Crippen LogP contribution in [-0.2, 0) is 4.57 Å². The Balaban J connectivity index is 2.82. The van der Waals surface area contributed by atoms with Crippen LogP contribution in [0.3, 0.4) is 0 Å². The second kappa shape index (κ2) is 3.89. The summed E-state index contributed by atoms with van der Waals surface area (Å²) in [6.07, 6.45) is 0. The highest BCUT2D eigenvalue weighted by atomic mass is 79.9. The van der Waals surface area contributed by atoms with Crippen molar-refractivity contribution in [2.75, 3.05) is 0 Å². The topological polar surface area (TPSA) is 98.2 Å². The second-order valence-electron chi connectivity index (χ2n) is 2.25. The number of thiophene rings is 1. The summed E-state index contributed by atoms with van der Waals surface area (Å²) in [6.45, 7) is 0. The van der Waals surface area contributed by atoms with Gasteiger partial charge < -0.3 is 0 Å². The highest BCUT2D eigenvalue weighted by molar-refractivity contribution is 9.10. The van der Waals surface area contributed by atoms with E-state index < -0.39 is 13.5 Å². The summed E-state index contributed by atoms with van der Waals surface area (Å²) in [5, 5.41) is 3.73. The summed E-state index contributed by atoms with van der Waals surface area (Å²) in [7, 11) is -3.50. The minimum absolute atomic E-state index is 0.399. The molecule has 5 N–H and O–H groups in total. The van der Waals surface area contributed by atoms with Crippen LogP contribution in [0.15, 0.2) is 15.9 Å². The zero-order valence-corrected chi connectivity index (χ0v) is 9.66. The van der Waals surface area contributed by atoms with E-state index in [-0.39, 0.29) is 0 Å². The third-order valence-corrected chi connectivity index (χ3v) is 3.49. The predicted molar refractivity (Wildman–Crippen MR) is 55.5 cm³/mol. The number of nitrogens with one attached hydrogen (secondary N) is 1. The predicted octanol–water partition coefficient (Wildman–Crippen LogP) is 1.27. The SMILES string of the molecule is NP(N)(=O)NC(=O)c1sccc1Br. The second-order valence-corrected chi connectivity index (χ2v) is 5.66. The van der Waals surface area contributed by atoms with Crippen LogP contribution >= 0.6 is 34.9 Å². The molecule has 72 valence electrons. The average Bonchev–Trinajstić information content (AvgIpc) is 2.30. The van der Waals surface area contributed by atoms with Crippen molar-refractivity contribution in [3.8, 4) is 0 Å². The van der Waals surface area contributed by atoms with Crippen molar-refractivity contribution in [3.05, 3.63) is 20.8 Å². The van der Waals surface area contributed by atoms with Crippen LogP contribution in [0.2, 0.25) is 0 Å². The lowest BCUT2D eigenvalue weighted by atomic mass is 10.5. The number of hydrogen-bond donors (Lipinski definition) is 3. The van der Waals surface area contributed by atoms with Gasteiger partial charge in [0, 0.05) is 4.47 Å². The first-order valence-electron chi connectivity index (χ1n) is 3.13. The Hall–Kier alpha value is -0.200. The molecular weight excluding hydrogens is 277 g/mol. The summed E-state index contributed by atoms with van der Waals surface area (Å²) in [4.78, 5) is 11.7. The van der Waals surface area contributed by atoms with Crippen LogP contribution < -0.4 is 16.1 Å². The van der Waals surface area contributed by atoms with Gasteiger partial charge in [-0.3, -0.25) is 25.5 Å². The molecule has 1 heterocycles.